The number of Topliss-reactive ketones (excluding diaryl/α,β-unsaturated/α-hetero) is 1. The van der Waals surface area contributed by atoms with E-state index in [-0.39, 0.29) is 5.78 Å². The van der Waals surface area contributed by atoms with Crippen molar-refractivity contribution < 1.29 is 9.90 Å². The highest BCUT2D eigenvalue weighted by molar-refractivity contribution is 6.01. The zero-order valence-electron chi connectivity index (χ0n) is 11.5. The van der Waals surface area contributed by atoms with Gasteiger partial charge >= 0.3 is 0 Å². The van der Waals surface area contributed by atoms with E-state index in [0.29, 0.717) is 11.1 Å². The fourth-order valence-corrected chi connectivity index (χ4v) is 2.16. The van der Waals surface area contributed by atoms with Gasteiger partial charge in [0, 0.05) is 5.56 Å². The van der Waals surface area contributed by atoms with E-state index < -0.39 is 6.10 Å². The lowest BCUT2D eigenvalue weighted by molar-refractivity contribution is 0.0746. The molecule has 0 heterocycles. The van der Waals surface area contributed by atoms with E-state index in [9.17, 15) is 9.90 Å². The van der Waals surface area contributed by atoms with Crippen LogP contribution in [0.15, 0.2) is 42.5 Å². The van der Waals surface area contributed by atoms with Gasteiger partial charge in [-0.2, -0.15) is 0 Å². The number of aliphatic hydroxyl groups excluding tert-OH is 1. The van der Waals surface area contributed by atoms with Crippen molar-refractivity contribution in [1.82, 2.24) is 0 Å². The van der Waals surface area contributed by atoms with Gasteiger partial charge in [0.2, 0.25) is 0 Å². The smallest absolute Gasteiger partial charge is 0.196 e. The number of ketones is 1. The van der Waals surface area contributed by atoms with E-state index in [1.54, 1.807) is 12.1 Å². The molecule has 0 aliphatic rings. The molecule has 0 aliphatic carbocycles. The summed E-state index contributed by atoms with van der Waals surface area (Å²) in [5, 5.41) is 10.2. The summed E-state index contributed by atoms with van der Waals surface area (Å²) in [5.41, 5.74) is 4.35. The van der Waals surface area contributed by atoms with Gasteiger partial charge in [0.25, 0.3) is 0 Å². The van der Waals surface area contributed by atoms with Gasteiger partial charge in [-0.05, 0) is 49.1 Å². The van der Waals surface area contributed by atoms with Gasteiger partial charge in [-0.25, -0.2) is 0 Å². The summed E-state index contributed by atoms with van der Waals surface area (Å²) in [6.07, 6.45) is -1.10. The third kappa shape index (κ3) is 2.74. The summed E-state index contributed by atoms with van der Waals surface area (Å²) < 4.78 is 0. The highest BCUT2D eigenvalue weighted by Gasteiger charge is 2.20. The molecule has 0 radical (unpaired) electrons. The summed E-state index contributed by atoms with van der Waals surface area (Å²) in [4.78, 5) is 12.4. The first-order chi connectivity index (χ1) is 9.00. The molecule has 0 fully saturated rings. The van der Waals surface area contributed by atoms with Gasteiger partial charge in [0.05, 0.1) is 0 Å². The highest BCUT2D eigenvalue weighted by Crippen LogP contribution is 2.22. The van der Waals surface area contributed by atoms with Crippen molar-refractivity contribution in [3.63, 3.8) is 0 Å². The van der Waals surface area contributed by atoms with Crippen LogP contribution in [0.2, 0.25) is 0 Å². The van der Waals surface area contributed by atoms with E-state index in [4.69, 9.17) is 0 Å². The molecule has 0 spiro atoms. The first-order valence-electron chi connectivity index (χ1n) is 6.36. The molecule has 2 rings (SSSR count). The minimum Gasteiger partial charge on any atom is -0.380 e. The van der Waals surface area contributed by atoms with E-state index in [1.165, 1.54) is 0 Å². The average molecular weight is 254 g/mol. The second kappa shape index (κ2) is 5.37. The van der Waals surface area contributed by atoms with Crippen LogP contribution in [0.5, 0.6) is 0 Å². The Morgan fingerprint density at radius 3 is 2.16 bits per heavy atom. The van der Waals surface area contributed by atoms with E-state index in [0.717, 1.165) is 16.7 Å². The molecule has 1 unspecified atom stereocenters. The molecule has 98 valence electrons. The molecule has 2 nitrogen and oxygen atoms in total. The Morgan fingerprint density at radius 1 is 0.947 bits per heavy atom. The summed E-state index contributed by atoms with van der Waals surface area (Å²) in [6.45, 7) is 5.89. The van der Waals surface area contributed by atoms with E-state index in [1.807, 2.05) is 51.1 Å². The number of aryl methyl sites for hydroxylation is 3. The van der Waals surface area contributed by atoms with Gasteiger partial charge < -0.3 is 5.11 Å². The van der Waals surface area contributed by atoms with Crippen LogP contribution >= 0.6 is 0 Å². The summed E-state index contributed by atoms with van der Waals surface area (Å²) in [6, 6.07) is 12.9. The van der Waals surface area contributed by atoms with Crippen LogP contribution in [0.1, 0.15) is 38.7 Å². The van der Waals surface area contributed by atoms with Crippen LogP contribution in [0.4, 0.5) is 0 Å². The van der Waals surface area contributed by atoms with Crippen LogP contribution in [0.3, 0.4) is 0 Å². The second-order valence-corrected chi connectivity index (χ2v) is 4.93. The summed E-state index contributed by atoms with van der Waals surface area (Å²) in [5.74, 6) is -0.244. The Labute approximate surface area is 113 Å². The van der Waals surface area contributed by atoms with Gasteiger partial charge in [-0.15, -0.1) is 0 Å². The maximum atomic E-state index is 12.4. The molecule has 2 aromatic carbocycles. The zero-order valence-corrected chi connectivity index (χ0v) is 11.5. The maximum absolute atomic E-state index is 12.4. The van der Waals surface area contributed by atoms with Gasteiger partial charge in [-0.3, -0.25) is 4.79 Å². The molecule has 2 aromatic rings. The number of hydrogen-bond acceptors (Lipinski definition) is 2. The normalized spacial score (nSPS) is 12.2. The lowest BCUT2D eigenvalue weighted by atomic mass is 9.93. The molecule has 0 saturated heterocycles. The van der Waals surface area contributed by atoms with Crippen molar-refractivity contribution in [3.05, 3.63) is 70.3 Å². The monoisotopic (exact) mass is 254 g/mol. The number of carbonyl (C=O) groups is 1. The van der Waals surface area contributed by atoms with Crippen LogP contribution in [-0.2, 0) is 0 Å². The average Bonchev–Trinajstić information content (AvgIpc) is 2.42. The molecular formula is C17H18O2. The Balaban J connectivity index is 2.37. The maximum Gasteiger partial charge on any atom is 0.196 e. The largest absolute Gasteiger partial charge is 0.380 e. The Bertz CT molecular complexity index is 600. The predicted octanol–water partition coefficient (Wildman–Crippen LogP) is 3.53. The fourth-order valence-electron chi connectivity index (χ4n) is 2.16. The predicted molar refractivity (Wildman–Crippen MR) is 76.4 cm³/mol. The van der Waals surface area contributed by atoms with Crippen molar-refractivity contribution in [2.24, 2.45) is 0 Å². The second-order valence-electron chi connectivity index (χ2n) is 4.93. The molecule has 1 atom stereocenters. The number of carbonyl (C=O) groups excluding carboxylic acids is 1. The Morgan fingerprint density at radius 2 is 1.53 bits per heavy atom. The van der Waals surface area contributed by atoms with Crippen molar-refractivity contribution >= 4 is 5.78 Å². The lowest BCUT2D eigenvalue weighted by Crippen LogP contribution is -2.14. The third-order valence-electron chi connectivity index (χ3n) is 3.47. The molecule has 0 bridgehead atoms. The number of hydrogen-bond donors (Lipinski definition) is 1. The van der Waals surface area contributed by atoms with E-state index >= 15 is 0 Å². The van der Waals surface area contributed by atoms with Crippen LogP contribution in [-0.4, -0.2) is 10.9 Å². The first kappa shape index (κ1) is 13.5. The van der Waals surface area contributed by atoms with Crippen molar-refractivity contribution in [3.8, 4) is 0 Å². The number of rotatable bonds is 3. The van der Waals surface area contributed by atoms with Crippen LogP contribution in [0.25, 0.3) is 0 Å². The van der Waals surface area contributed by atoms with Crippen molar-refractivity contribution in [2.75, 3.05) is 0 Å². The SMILES string of the molecule is Cc1cc(C)c(C(=O)C(O)c2ccccc2)cc1C. The summed E-state index contributed by atoms with van der Waals surface area (Å²) >= 11 is 0. The zero-order chi connectivity index (χ0) is 14.0. The first-order valence-corrected chi connectivity index (χ1v) is 6.36. The lowest BCUT2D eigenvalue weighted by Gasteiger charge is -2.13. The molecule has 0 aliphatic heterocycles. The number of benzene rings is 2. The van der Waals surface area contributed by atoms with Crippen molar-refractivity contribution in [2.45, 2.75) is 26.9 Å². The molecular weight excluding hydrogens is 236 g/mol. The Kier molecular flexibility index (Phi) is 3.82. The van der Waals surface area contributed by atoms with Gasteiger partial charge in [0.1, 0.15) is 6.10 Å². The molecule has 19 heavy (non-hydrogen) atoms. The van der Waals surface area contributed by atoms with Gasteiger partial charge in [0.15, 0.2) is 5.78 Å². The fraction of sp³-hybridized carbons (Fsp3) is 0.235. The molecule has 0 aromatic heterocycles. The van der Waals surface area contributed by atoms with Gasteiger partial charge in [-0.1, -0.05) is 36.4 Å². The van der Waals surface area contributed by atoms with Crippen LogP contribution < -0.4 is 0 Å². The molecule has 0 saturated carbocycles. The van der Waals surface area contributed by atoms with Crippen molar-refractivity contribution in [1.29, 1.82) is 0 Å². The third-order valence-corrected chi connectivity index (χ3v) is 3.47. The van der Waals surface area contributed by atoms with Crippen LogP contribution in [0, 0.1) is 20.8 Å². The minimum absolute atomic E-state index is 0.244. The molecule has 2 heteroatoms. The Hall–Kier alpha value is -1.93. The standard InChI is InChI=1S/C17H18O2/c1-11-9-13(3)15(10-12(11)2)17(19)16(18)14-7-5-4-6-8-14/h4-10,16,18H,1-3H3. The highest BCUT2D eigenvalue weighted by atomic mass is 16.3. The van der Waals surface area contributed by atoms with E-state index in [2.05, 4.69) is 0 Å². The minimum atomic E-state index is -1.10. The topological polar surface area (TPSA) is 37.3 Å². The summed E-state index contributed by atoms with van der Waals surface area (Å²) in [7, 11) is 0. The molecule has 0 amide bonds. The quantitative estimate of drug-likeness (QED) is 0.851. The molecule has 1 N–H and O–H groups in total. The number of aliphatic hydroxyl groups is 1.